The van der Waals surface area contributed by atoms with Crippen LogP contribution in [0.25, 0.3) is 22.2 Å². The quantitative estimate of drug-likeness (QED) is 0.737. The normalized spacial score (nSPS) is 11.1. The van der Waals surface area contributed by atoms with Gasteiger partial charge in [-0.25, -0.2) is 9.37 Å². The molecule has 0 saturated carbocycles. The van der Waals surface area contributed by atoms with Crippen LogP contribution < -0.4 is 5.32 Å². The summed E-state index contributed by atoms with van der Waals surface area (Å²) in [5.41, 5.74) is 2.77. The van der Waals surface area contributed by atoms with Gasteiger partial charge in [-0.1, -0.05) is 0 Å². The molecule has 0 unspecified atom stereocenters. The molecule has 3 aromatic rings. The second kappa shape index (κ2) is 4.10. The van der Waals surface area contributed by atoms with Gasteiger partial charge in [0.2, 0.25) is 0 Å². The first-order chi connectivity index (χ1) is 8.69. The number of rotatable bonds is 2. The van der Waals surface area contributed by atoms with Crippen LogP contribution in [0.2, 0.25) is 0 Å². The van der Waals surface area contributed by atoms with Crippen LogP contribution in [0.1, 0.15) is 4.88 Å². The van der Waals surface area contributed by atoms with E-state index in [1.165, 1.54) is 6.07 Å². The van der Waals surface area contributed by atoms with Gasteiger partial charge in [-0.3, -0.25) is 0 Å². The molecule has 0 aliphatic heterocycles. The standard InChI is InChI=1S/C13H12FN3S/c1-7-12(17-13(15-2)18-7)10-6-16-11-4-3-8(14)5-9(10)11/h3-6,16H,1-2H3,(H,15,17). The Morgan fingerprint density at radius 1 is 1.39 bits per heavy atom. The van der Waals surface area contributed by atoms with Gasteiger partial charge in [-0.05, 0) is 25.1 Å². The number of nitrogens with one attached hydrogen (secondary N) is 2. The molecule has 3 nitrogen and oxygen atoms in total. The summed E-state index contributed by atoms with van der Waals surface area (Å²) in [6.45, 7) is 2.02. The van der Waals surface area contributed by atoms with Gasteiger partial charge in [0.15, 0.2) is 5.13 Å². The van der Waals surface area contributed by atoms with Crippen LogP contribution in [0, 0.1) is 12.7 Å². The van der Waals surface area contributed by atoms with Crippen LogP contribution in [-0.4, -0.2) is 17.0 Å². The summed E-state index contributed by atoms with van der Waals surface area (Å²) < 4.78 is 13.3. The Labute approximate surface area is 108 Å². The van der Waals surface area contributed by atoms with E-state index < -0.39 is 0 Å². The van der Waals surface area contributed by atoms with Gasteiger partial charge < -0.3 is 10.3 Å². The molecule has 0 fully saturated rings. The number of hydrogen-bond donors (Lipinski definition) is 2. The van der Waals surface area contributed by atoms with E-state index in [0.717, 1.165) is 32.2 Å². The minimum absolute atomic E-state index is 0.231. The summed E-state index contributed by atoms with van der Waals surface area (Å²) in [7, 11) is 1.84. The average molecular weight is 261 g/mol. The molecule has 5 heteroatoms. The van der Waals surface area contributed by atoms with E-state index in [-0.39, 0.29) is 5.82 Å². The molecule has 1 aromatic carbocycles. The number of fused-ring (bicyclic) bond motifs is 1. The van der Waals surface area contributed by atoms with Crippen molar-refractivity contribution >= 4 is 27.4 Å². The van der Waals surface area contributed by atoms with E-state index in [1.54, 1.807) is 23.5 Å². The fourth-order valence-electron chi connectivity index (χ4n) is 2.04. The first kappa shape index (κ1) is 11.2. The largest absolute Gasteiger partial charge is 0.365 e. The lowest BCUT2D eigenvalue weighted by Crippen LogP contribution is -1.86. The van der Waals surface area contributed by atoms with Crippen molar-refractivity contribution in [3.8, 4) is 11.3 Å². The minimum Gasteiger partial charge on any atom is -0.365 e. The van der Waals surface area contributed by atoms with Gasteiger partial charge in [-0.2, -0.15) is 0 Å². The highest BCUT2D eigenvalue weighted by Crippen LogP contribution is 2.34. The van der Waals surface area contributed by atoms with Crippen LogP contribution in [0.15, 0.2) is 24.4 Å². The number of thiazole rings is 1. The maximum absolute atomic E-state index is 13.3. The van der Waals surface area contributed by atoms with Crippen LogP contribution in [0.5, 0.6) is 0 Å². The summed E-state index contributed by atoms with van der Waals surface area (Å²) in [6.07, 6.45) is 1.88. The van der Waals surface area contributed by atoms with E-state index >= 15 is 0 Å². The zero-order valence-electron chi connectivity index (χ0n) is 10.0. The Hall–Kier alpha value is -1.88. The highest BCUT2D eigenvalue weighted by molar-refractivity contribution is 7.16. The molecule has 92 valence electrons. The fraction of sp³-hybridized carbons (Fsp3) is 0.154. The number of halogens is 1. The highest BCUT2D eigenvalue weighted by atomic mass is 32.1. The number of benzene rings is 1. The zero-order chi connectivity index (χ0) is 12.7. The van der Waals surface area contributed by atoms with E-state index in [1.807, 2.05) is 20.2 Å². The number of H-pyrrole nitrogens is 1. The Morgan fingerprint density at radius 3 is 2.94 bits per heavy atom. The summed E-state index contributed by atoms with van der Waals surface area (Å²) in [5.74, 6) is -0.231. The molecule has 0 aliphatic rings. The Morgan fingerprint density at radius 2 is 2.22 bits per heavy atom. The van der Waals surface area contributed by atoms with E-state index in [4.69, 9.17) is 0 Å². The Balaban J connectivity index is 2.24. The van der Waals surface area contributed by atoms with Gasteiger partial charge in [0.1, 0.15) is 5.82 Å². The molecule has 0 bridgehead atoms. The monoisotopic (exact) mass is 261 g/mol. The van der Waals surface area contributed by atoms with Gasteiger partial charge in [0.05, 0.1) is 5.69 Å². The van der Waals surface area contributed by atoms with Crippen molar-refractivity contribution in [3.05, 3.63) is 35.1 Å². The maximum Gasteiger partial charge on any atom is 0.183 e. The maximum atomic E-state index is 13.3. The number of anilines is 1. The molecule has 0 radical (unpaired) electrons. The molecule has 0 amide bonds. The van der Waals surface area contributed by atoms with Crippen molar-refractivity contribution in [2.75, 3.05) is 12.4 Å². The van der Waals surface area contributed by atoms with E-state index in [2.05, 4.69) is 15.3 Å². The molecule has 0 atom stereocenters. The first-order valence-corrected chi connectivity index (χ1v) is 6.43. The third kappa shape index (κ3) is 1.67. The van der Waals surface area contributed by atoms with Crippen LogP contribution in [0.4, 0.5) is 9.52 Å². The minimum atomic E-state index is -0.231. The molecule has 18 heavy (non-hydrogen) atoms. The molecule has 2 aromatic heterocycles. The van der Waals surface area contributed by atoms with E-state index in [0.29, 0.717) is 0 Å². The third-order valence-electron chi connectivity index (χ3n) is 2.91. The second-order valence-electron chi connectivity index (χ2n) is 4.07. The number of aryl methyl sites for hydroxylation is 1. The van der Waals surface area contributed by atoms with Crippen molar-refractivity contribution < 1.29 is 4.39 Å². The molecular weight excluding hydrogens is 249 g/mol. The summed E-state index contributed by atoms with van der Waals surface area (Å²) in [4.78, 5) is 8.78. The fourth-order valence-corrected chi connectivity index (χ4v) is 2.82. The van der Waals surface area contributed by atoms with Gasteiger partial charge in [-0.15, -0.1) is 11.3 Å². The first-order valence-electron chi connectivity index (χ1n) is 5.61. The lowest BCUT2D eigenvalue weighted by atomic mass is 10.1. The van der Waals surface area contributed by atoms with Crippen LogP contribution in [-0.2, 0) is 0 Å². The summed E-state index contributed by atoms with van der Waals surface area (Å²) in [6, 6.07) is 4.74. The van der Waals surface area contributed by atoms with Gasteiger partial charge in [0.25, 0.3) is 0 Å². The topological polar surface area (TPSA) is 40.7 Å². The zero-order valence-corrected chi connectivity index (χ0v) is 10.9. The third-order valence-corrected chi connectivity index (χ3v) is 3.90. The van der Waals surface area contributed by atoms with Crippen molar-refractivity contribution in [2.24, 2.45) is 0 Å². The Kier molecular flexibility index (Phi) is 2.56. The van der Waals surface area contributed by atoms with E-state index in [9.17, 15) is 4.39 Å². The lowest BCUT2D eigenvalue weighted by molar-refractivity contribution is 0.630. The molecular formula is C13H12FN3S. The van der Waals surface area contributed by atoms with Crippen molar-refractivity contribution in [1.29, 1.82) is 0 Å². The Bertz CT molecular complexity index is 714. The lowest BCUT2D eigenvalue weighted by Gasteiger charge is -1.97. The predicted molar refractivity (Wildman–Crippen MR) is 73.6 cm³/mol. The highest BCUT2D eigenvalue weighted by Gasteiger charge is 2.13. The summed E-state index contributed by atoms with van der Waals surface area (Å²) in [5, 5.41) is 4.77. The number of hydrogen-bond acceptors (Lipinski definition) is 3. The SMILES string of the molecule is CNc1nc(-c2c[nH]c3ccc(F)cc23)c(C)s1. The average Bonchev–Trinajstić information content (AvgIpc) is 2.92. The number of aromatic nitrogens is 2. The molecule has 3 rings (SSSR count). The second-order valence-corrected chi connectivity index (χ2v) is 5.27. The smallest absolute Gasteiger partial charge is 0.183 e. The number of nitrogens with zero attached hydrogens (tertiary/aromatic N) is 1. The van der Waals surface area contributed by atoms with Crippen molar-refractivity contribution in [2.45, 2.75) is 6.92 Å². The van der Waals surface area contributed by atoms with Crippen molar-refractivity contribution in [1.82, 2.24) is 9.97 Å². The molecule has 0 spiro atoms. The molecule has 2 heterocycles. The summed E-state index contributed by atoms with van der Waals surface area (Å²) >= 11 is 1.60. The molecule has 2 N–H and O–H groups in total. The van der Waals surface area contributed by atoms with Gasteiger partial charge in [0, 0.05) is 34.6 Å². The molecule has 0 saturated heterocycles. The molecule has 0 aliphatic carbocycles. The predicted octanol–water partition coefficient (Wildman–Crippen LogP) is 3.78. The van der Waals surface area contributed by atoms with Crippen molar-refractivity contribution in [3.63, 3.8) is 0 Å². The van der Waals surface area contributed by atoms with Crippen LogP contribution >= 0.6 is 11.3 Å². The number of aromatic amines is 1. The van der Waals surface area contributed by atoms with Gasteiger partial charge >= 0.3 is 0 Å². The van der Waals surface area contributed by atoms with Crippen LogP contribution in [0.3, 0.4) is 0 Å².